The van der Waals surface area contributed by atoms with E-state index >= 15 is 0 Å². The van der Waals surface area contributed by atoms with Gasteiger partial charge in [0.25, 0.3) is 5.56 Å². The number of rotatable bonds is 5. The first-order chi connectivity index (χ1) is 13.5. The number of carbonyl (C=O) groups is 1. The van der Waals surface area contributed by atoms with E-state index in [9.17, 15) is 9.59 Å². The van der Waals surface area contributed by atoms with Crippen molar-refractivity contribution >= 4 is 28.6 Å². The number of aromatic nitrogens is 2. The summed E-state index contributed by atoms with van der Waals surface area (Å²) in [5.74, 6) is 1.02. The number of hydrogen-bond donors (Lipinski definition) is 1. The van der Waals surface area contributed by atoms with Crippen LogP contribution < -0.4 is 10.9 Å². The normalized spacial score (nSPS) is 26.2. The Hall–Kier alpha value is -1.82. The van der Waals surface area contributed by atoms with Gasteiger partial charge in [-0.1, -0.05) is 50.6 Å². The van der Waals surface area contributed by atoms with Crippen molar-refractivity contribution in [1.82, 2.24) is 14.9 Å². The van der Waals surface area contributed by atoms with Crippen molar-refractivity contribution in [3.63, 3.8) is 0 Å². The number of para-hydroxylation sites is 1. The first kappa shape index (κ1) is 19.5. The van der Waals surface area contributed by atoms with Crippen LogP contribution in [-0.4, -0.2) is 26.8 Å². The molecule has 2 fully saturated rings. The number of nitrogens with one attached hydrogen (secondary N) is 1. The zero-order chi connectivity index (χ0) is 19.8. The van der Waals surface area contributed by atoms with Gasteiger partial charge in [0, 0.05) is 12.1 Å². The molecule has 0 saturated heterocycles. The monoisotopic (exact) mass is 399 g/mol. The molecule has 2 saturated carbocycles. The zero-order valence-corrected chi connectivity index (χ0v) is 17.7. The second-order valence-electron chi connectivity index (χ2n) is 8.46. The van der Waals surface area contributed by atoms with E-state index in [1.54, 1.807) is 0 Å². The van der Waals surface area contributed by atoms with E-state index in [2.05, 4.69) is 19.2 Å². The molecule has 4 atom stereocenters. The van der Waals surface area contributed by atoms with Crippen molar-refractivity contribution in [1.29, 1.82) is 0 Å². The fraction of sp³-hybridized carbons (Fsp3) is 0.591. The molecule has 1 heterocycles. The van der Waals surface area contributed by atoms with E-state index in [4.69, 9.17) is 4.98 Å². The van der Waals surface area contributed by atoms with Crippen LogP contribution in [0.4, 0.5) is 0 Å². The highest BCUT2D eigenvalue weighted by Crippen LogP contribution is 2.39. The molecular weight excluding hydrogens is 370 g/mol. The highest BCUT2D eigenvalue weighted by molar-refractivity contribution is 8.00. The van der Waals surface area contributed by atoms with Gasteiger partial charge in [-0.3, -0.25) is 14.2 Å². The Balaban J connectivity index is 1.74. The topological polar surface area (TPSA) is 64.0 Å². The SMILES string of the molecule is C[C@@H]1[C@H](n2c(S[C@@H](C)C(=O)NC3CC3)nc3ccccc3c2=O)CCC[C@@H]1C. The summed E-state index contributed by atoms with van der Waals surface area (Å²) < 4.78 is 1.90. The van der Waals surface area contributed by atoms with Crippen LogP contribution in [0.3, 0.4) is 0 Å². The van der Waals surface area contributed by atoms with Crippen molar-refractivity contribution in [2.75, 3.05) is 0 Å². The molecule has 150 valence electrons. The van der Waals surface area contributed by atoms with Crippen molar-refractivity contribution in [3.05, 3.63) is 34.6 Å². The number of carbonyl (C=O) groups excluding carboxylic acids is 1. The number of fused-ring (bicyclic) bond motifs is 1. The maximum absolute atomic E-state index is 13.4. The molecule has 2 aliphatic rings. The van der Waals surface area contributed by atoms with Gasteiger partial charge < -0.3 is 5.32 Å². The van der Waals surface area contributed by atoms with Crippen LogP contribution in [0.2, 0.25) is 0 Å². The molecule has 1 N–H and O–H groups in total. The van der Waals surface area contributed by atoms with Gasteiger partial charge in [-0.15, -0.1) is 0 Å². The molecule has 2 aliphatic carbocycles. The quantitative estimate of drug-likeness (QED) is 0.606. The third-order valence-corrected chi connectivity index (χ3v) is 7.41. The zero-order valence-electron chi connectivity index (χ0n) is 16.9. The molecule has 0 unspecified atom stereocenters. The van der Waals surface area contributed by atoms with E-state index in [0.717, 1.165) is 25.7 Å². The minimum atomic E-state index is -0.281. The van der Waals surface area contributed by atoms with Crippen molar-refractivity contribution in [2.24, 2.45) is 11.8 Å². The van der Waals surface area contributed by atoms with Gasteiger partial charge in [-0.25, -0.2) is 4.98 Å². The Morgan fingerprint density at radius 1 is 1.21 bits per heavy atom. The summed E-state index contributed by atoms with van der Waals surface area (Å²) in [5, 5.41) is 4.12. The summed E-state index contributed by atoms with van der Waals surface area (Å²) in [4.78, 5) is 30.8. The van der Waals surface area contributed by atoms with Crippen LogP contribution in [0.1, 0.15) is 58.9 Å². The number of benzene rings is 1. The fourth-order valence-corrected chi connectivity index (χ4v) is 5.15. The maximum atomic E-state index is 13.4. The van der Waals surface area contributed by atoms with E-state index in [-0.39, 0.29) is 22.8 Å². The third kappa shape index (κ3) is 3.84. The summed E-state index contributed by atoms with van der Waals surface area (Å²) in [6.45, 7) is 6.42. The van der Waals surface area contributed by atoms with Crippen LogP contribution in [0.25, 0.3) is 10.9 Å². The lowest BCUT2D eigenvalue weighted by atomic mass is 9.78. The Bertz CT molecular complexity index is 937. The van der Waals surface area contributed by atoms with Gasteiger partial charge in [0.2, 0.25) is 5.91 Å². The van der Waals surface area contributed by atoms with Gasteiger partial charge >= 0.3 is 0 Å². The van der Waals surface area contributed by atoms with Crippen LogP contribution >= 0.6 is 11.8 Å². The second-order valence-corrected chi connectivity index (χ2v) is 9.77. The number of amides is 1. The molecule has 1 aromatic heterocycles. The average molecular weight is 400 g/mol. The maximum Gasteiger partial charge on any atom is 0.262 e. The van der Waals surface area contributed by atoms with E-state index in [1.807, 2.05) is 35.8 Å². The molecule has 28 heavy (non-hydrogen) atoms. The predicted octanol–water partition coefficient (Wildman–Crippen LogP) is 4.15. The summed E-state index contributed by atoms with van der Waals surface area (Å²) in [6.07, 6.45) is 5.45. The third-order valence-electron chi connectivity index (χ3n) is 6.35. The van der Waals surface area contributed by atoms with Crippen molar-refractivity contribution in [2.45, 2.75) is 75.4 Å². The lowest BCUT2D eigenvalue weighted by Crippen LogP contribution is -2.37. The van der Waals surface area contributed by atoms with Crippen molar-refractivity contribution < 1.29 is 4.79 Å². The minimum Gasteiger partial charge on any atom is -0.352 e. The summed E-state index contributed by atoms with van der Waals surface area (Å²) in [5.41, 5.74) is 0.728. The van der Waals surface area contributed by atoms with Crippen molar-refractivity contribution in [3.8, 4) is 0 Å². The molecule has 0 radical (unpaired) electrons. The minimum absolute atomic E-state index is 0.0221. The lowest BCUT2D eigenvalue weighted by Gasteiger charge is -2.36. The van der Waals surface area contributed by atoms with Gasteiger partial charge in [-0.2, -0.15) is 0 Å². The standard InChI is InChI=1S/C22H29N3O2S/c1-13-7-6-10-19(14(13)2)25-21(27)17-8-4-5-9-18(17)24-22(25)28-15(3)20(26)23-16-11-12-16/h4-5,8-9,13-16,19H,6-7,10-12H2,1-3H3,(H,23,26)/t13-,14-,15-,19+/m0/s1. The van der Waals surface area contributed by atoms with E-state index in [1.165, 1.54) is 18.2 Å². The fourth-order valence-electron chi connectivity index (χ4n) is 4.18. The molecule has 2 aromatic rings. The predicted molar refractivity (Wildman–Crippen MR) is 114 cm³/mol. The molecule has 0 aliphatic heterocycles. The number of thioether (sulfide) groups is 1. The largest absolute Gasteiger partial charge is 0.352 e. The molecule has 1 amide bonds. The Morgan fingerprint density at radius 3 is 2.71 bits per heavy atom. The highest BCUT2D eigenvalue weighted by atomic mass is 32.2. The molecule has 5 nitrogen and oxygen atoms in total. The Kier molecular flexibility index (Phi) is 5.50. The average Bonchev–Trinajstić information content (AvgIpc) is 3.49. The Labute approximate surface area is 170 Å². The molecule has 0 spiro atoms. The first-order valence-electron chi connectivity index (χ1n) is 10.4. The molecule has 0 bridgehead atoms. The van der Waals surface area contributed by atoms with E-state index in [0.29, 0.717) is 33.9 Å². The second kappa shape index (κ2) is 7.90. The molecule has 4 rings (SSSR count). The summed E-state index contributed by atoms with van der Waals surface area (Å²) in [7, 11) is 0. The van der Waals surface area contributed by atoms with Crippen LogP contribution in [0.15, 0.2) is 34.2 Å². The van der Waals surface area contributed by atoms with Gasteiger partial charge in [-0.05, 0) is 50.2 Å². The highest BCUT2D eigenvalue weighted by Gasteiger charge is 2.33. The van der Waals surface area contributed by atoms with Gasteiger partial charge in [0.05, 0.1) is 16.2 Å². The number of nitrogens with zero attached hydrogens (tertiary/aromatic N) is 2. The molecular formula is C22H29N3O2S. The lowest BCUT2D eigenvalue weighted by molar-refractivity contribution is -0.120. The van der Waals surface area contributed by atoms with Crippen LogP contribution in [0.5, 0.6) is 0 Å². The van der Waals surface area contributed by atoms with Gasteiger partial charge in [0.1, 0.15) is 0 Å². The number of hydrogen-bond acceptors (Lipinski definition) is 4. The summed E-state index contributed by atoms with van der Waals surface area (Å²) in [6, 6.07) is 8.00. The van der Waals surface area contributed by atoms with Crippen LogP contribution in [0, 0.1) is 11.8 Å². The molecule has 6 heteroatoms. The van der Waals surface area contributed by atoms with Gasteiger partial charge in [0.15, 0.2) is 5.16 Å². The smallest absolute Gasteiger partial charge is 0.262 e. The summed E-state index contributed by atoms with van der Waals surface area (Å²) >= 11 is 1.41. The molecule has 1 aromatic carbocycles. The van der Waals surface area contributed by atoms with Crippen LogP contribution in [-0.2, 0) is 4.79 Å². The van der Waals surface area contributed by atoms with E-state index < -0.39 is 0 Å². The Morgan fingerprint density at radius 2 is 1.96 bits per heavy atom. The first-order valence-corrected chi connectivity index (χ1v) is 11.3.